The Hall–Kier alpha value is -0.820. The van der Waals surface area contributed by atoms with Crippen molar-refractivity contribution in [1.82, 2.24) is 0 Å². The summed E-state index contributed by atoms with van der Waals surface area (Å²) in [5.74, 6) is 1.33. The largest absolute Gasteiger partial charge is 0.373 e. The second kappa shape index (κ2) is 10.8. The van der Waals surface area contributed by atoms with Crippen molar-refractivity contribution in [3.05, 3.63) is 35.9 Å². The van der Waals surface area contributed by atoms with E-state index < -0.39 is 0 Å². The molecule has 1 aromatic rings. The van der Waals surface area contributed by atoms with Crippen molar-refractivity contribution < 1.29 is 4.74 Å². The second-order valence-corrected chi connectivity index (χ2v) is 6.66. The van der Waals surface area contributed by atoms with Gasteiger partial charge in [-0.05, 0) is 30.2 Å². The molecule has 1 fully saturated rings. The molecule has 0 spiro atoms. The summed E-state index contributed by atoms with van der Waals surface area (Å²) in [7, 11) is 0. The van der Waals surface area contributed by atoms with E-state index in [1.54, 1.807) is 0 Å². The zero-order valence-corrected chi connectivity index (χ0v) is 14.5. The van der Waals surface area contributed by atoms with Crippen molar-refractivity contribution >= 4 is 0 Å². The lowest BCUT2D eigenvalue weighted by Crippen LogP contribution is -2.20. The normalized spacial score (nSPS) is 17.2. The van der Waals surface area contributed by atoms with Gasteiger partial charge in [-0.3, -0.25) is 0 Å². The molecule has 1 unspecified atom stereocenters. The molecule has 21 heavy (non-hydrogen) atoms. The van der Waals surface area contributed by atoms with Gasteiger partial charge in [0, 0.05) is 6.61 Å². The number of ether oxygens (including phenoxy) is 1. The number of rotatable bonds is 5. The standard InChI is InChI=1S/C17H26O.C3H8/c1-14(2)13-18-17(15-9-5-3-6-10-15)16-11-7-4-8-12-16;1-3-2/h3,5-6,9-10,14,16-17H,4,7-8,11-13H2,1-2H3;3H2,1-2H3. The third-order valence-corrected chi connectivity index (χ3v) is 3.82. The van der Waals surface area contributed by atoms with Crippen LogP contribution >= 0.6 is 0 Å². The summed E-state index contributed by atoms with van der Waals surface area (Å²) in [4.78, 5) is 0. The van der Waals surface area contributed by atoms with Crippen molar-refractivity contribution in [2.45, 2.75) is 72.3 Å². The summed E-state index contributed by atoms with van der Waals surface area (Å²) in [6.07, 6.45) is 8.38. The third kappa shape index (κ3) is 7.13. The molecule has 0 heterocycles. The van der Waals surface area contributed by atoms with Gasteiger partial charge < -0.3 is 4.74 Å². The van der Waals surface area contributed by atoms with Crippen molar-refractivity contribution in [3.8, 4) is 0 Å². The topological polar surface area (TPSA) is 9.23 Å². The second-order valence-electron chi connectivity index (χ2n) is 6.66. The first kappa shape index (κ1) is 18.2. The van der Waals surface area contributed by atoms with E-state index in [1.807, 2.05) is 0 Å². The minimum absolute atomic E-state index is 0.314. The summed E-state index contributed by atoms with van der Waals surface area (Å²) >= 11 is 0. The van der Waals surface area contributed by atoms with Crippen LogP contribution in [0.25, 0.3) is 0 Å². The van der Waals surface area contributed by atoms with Gasteiger partial charge in [-0.2, -0.15) is 0 Å². The smallest absolute Gasteiger partial charge is 0.0853 e. The van der Waals surface area contributed by atoms with Crippen LogP contribution in [0.1, 0.15) is 77.9 Å². The van der Waals surface area contributed by atoms with E-state index in [0.717, 1.165) is 12.5 Å². The molecule has 0 radical (unpaired) electrons. The third-order valence-electron chi connectivity index (χ3n) is 3.82. The van der Waals surface area contributed by atoms with Gasteiger partial charge in [-0.25, -0.2) is 0 Å². The Morgan fingerprint density at radius 1 is 1.00 bits per heavy atom. The number of benzene rings is 1. The van der Waals surface area contributed by atoms with Crippen LogP contribution in [0.4, 0.5) is 0 Å². The van der Waals surface area contributed by atoms with E-state index in [0.29, 0.717) is 12.0 Å². The highest BCUT2D eigenvalue weighted by molar-refractivity contribution is 5.18. The zero-order chi connectivity index (χ0) is 15.5. The summed E-state index contributed by atoms with van der Waals surface area (Å²) in [6, 6.07) is 10.8. The highest BCUT2D eigenvalue weighted by Gasteiger charge is 2.25. The Bertz CT molecular complexity index is 338. The summed E-state index contributed by atoms with van der Waals surface area (Å²) in [6.45, 7) is 9.57. The molecule has 1 aliphatic carbocycles. The maximum absolute atomic E-state index is 6.23. The van der Waals surface area contributed by atoms with Crippen LogP contribution in [0.5, 0.6) is 0 Å². The van der Waals surface area contributed by atoms with Gasteiger partial charge >= 0.3 is 0 Å². The van der Waals surface area contributed by atoms with Crippen molar-refractivity contribution in [2.75, 3.05) is 6.61 Å². The van der Waals surface area contributed by atoms with Gasteiger partial charge in [-0.15, -0.1) is 0 Å². The summed E-state index contributed by atoms with van der Waals surface area (Å²) in [5, 5.41) is 0. The summed E-state index contributed by atoms with van der Waals surface area (Å²) in [5.41, 5.74) is 1.37. The van der Waals surface area contributed by atoms with Crippen molar-refractivity contribution in [1.29, 1.82) is 0 Å². The zero-order valence-electron chi connectivity index (χ0n) is 14.5. The lowest BCUT2D eigenvalue weighted by atomic mass is 9.82. The molecule has 1 aliphatic rings. The molecule has 1 nitrogen and oxygen atoms in total. The fourth-order valence-electron chi connectivity index (χ4n) is 2.88. The Morgan fingerprint density at radius 2 is 1.57 bits per heavy atom. The quantitative estimate of drug-likeness (QED) is 0.610. The fraction of sp³-hybridized carbons (Fsp3) is 0.700. The van der Waals surface area contributed by atoms with Crippen LogP contribution in [0, 0.1) is 11.8 Å². The van der Waals surface area contributed by atoms with Crippen LogP contribution in [0.2, 0.25) is 0 Å². The first-order valence-corrected chi connectivity index (χ1v) is 8.85. The number of hydrogen-bond acceptors (Lipinski definition) is 1. The fourth-order valence-corrected chi connectivity index (χ4v) is 2.88. The summed E-state index contributed by atoms with van der Waals surface area (Å²) < 4.78 is 6.23. The Balaban J connectivity index is 0.000000677. The predicted octanol–water partition coefficient (Wildman–Crippen LogP) is 6.40. The highest BCUT2D eigenvalue weighted by atomic mass is 16.5. The van der Waals surface area contributed by atoms with Crippen LogP contribution in [-0.2, 0) is 4.74 Å². The van der Waals surface area contributed by atoms with Crippen molar-refractivity contribution in [3.63, 3.8) is 0 Å². The van der Waals surface area contributed by atoms with E-state index >= 15 is 0 Å². The molecule has 0 bridgehead atoms. The van der Waals surface area contributed by atoms with Gasteiger partial charge in [0.15, 0.2) is 0 Å². The van der Waals surface area contributed by atoms with Crippen LogP contribution < -0.4 is 0 Å². The molecular formula is C20H34O. The Labute approximate surface area is 132 Å². The van der Waals surface area contributed by atoms with E-state index in [-0.39, 0.29) is 0 Å². The lowest BCUT2D eigenvalue weighted by molar-refractivity contribution is -0.0141. The Kier molecular flexibility index (Phi) is 9.41. The Morgan fingerprint density at radius 3 is 2.10 bits per heavy atom. The minimum Gasteiger partial charge on any atom is -0.373 e. The molecule has 1 atom stereocenters. The molecule has 1 heteroatoms. The van der Waals surface area contributed by atoms with Crippen molar-refractivity contribution in [2.24, 2.45) is 11.8 Å². The minimum atomic E-state index is 0.314. The molecule has 1 saturated carbocycles. The monoisotopic (exact) mass is 290 g/mol. The molecule has 1 aromatic carbocycles. The maximum atomic E-state index is 6.23. The van der Waals surface area contributed by atoms with Gasteiger partial charge in [0.05, 0.1) is 6.10 Å². The van der Waals surface area contributed by atoms with Gasteiger partial charge in [0.1, 0.15) is 0 Å². The molecule has 0 aromatic heterocycles. The first-order valence-electron chi connectivity index (χ1n) is 8.85. The average Bonchev–Trinajstić information content (AvgIpc) is 2.50. The van der Waals surface area contributed by atoms with Crippen LogP contribution in [0.3, 0.4) is 0 Å². The van der Waals surface area contributed by atoms with E-state index in [1.165, 1.54) is 44.1 Å². The van der Waals surface area contributed by atoms with E-state index in [2.05, 4.69) is 58.0 Å². The molecule has 0 aliphatic heterocycles. The molecule has 0 saturated heterocycles. The van der Waals surface area contributed by atoms with E-state index in [9.17, 15) is 0 Å². The SMILES string of the molecule is CC(C)COC(c1ccccc1)C1CCCCC1.CCC. The van der Waals surface area contributed by atoms with Gasteiger partial charge in [-0.1, -0.05) is 83.7 Å². The average molecular weight is 290 g/mol. The van der Waals surface area contributed by atoms with Gasteiger partial charge in [0.25, 0.3) is 0 Å². The van der Waals surface area contributed by atoms with Gasteiger partial charge in [0.2, 0.25) is 0 Å². The molecular weight excluding hydrogens is 256 g/mol. The predicted molar refractivity (Wildman–Crippen MR) is 92.5 cm³/mol. The van der Waals surface area contributed by atoms with Crippen LogP contribution in [0.15, 0.2) is 30.3 Å². The highest BCUT2D eigenvalue weighted by Crippen LogP contribution is 2.37. The van der Waals surface area contributed by atoms with Crippen LogP contribution in [-0.4, -0.2) is 6.61 Å². The molecule has 0 N–H and O–H groups in total. The molecule has 120 valence electrons. The number of hydrogen-bond donors (Lipinski definition) is 0. The molecule has 0 amide bonds. The maximum Gasteiger partial charge on any atom is 0.0853 e. The molecule has 2 rings (SSSR count). The first-order chi connectivity index (χ1) is 10.2. The van der Waals surface area contributed by atoms with E-state index in [4.69, 9.17) is 4.74 Å². The lowest BCUT2D eigenvalue weighted by Gasteiger charge is -2.31.